The largest absolute Gasteiger partial charge is 0.416 e. The second-order valence-electron chi connectivity index (χ2n) is 10.8. The number of hydrogen-bond donors (Lipinski definition) is 1. The van der Waals surface area contributed by atoms with Crippen molar-refractivity contribution in [1.82, 2.24) is 14.8 Å². The standard InChI is InChI=1S/C35H34F3N3O3/c1-44-20-6-18-41(34(43)28-14-13-26-7-2-3-8-27(26)21-28)24-33(42)40(23-25-11-15-30(16-12-25)35(36,37)38)19-17-29-22-39-32-10-5-4-9-31(29)32/h2-5,7-16,21-22,39H,6,17-20,23-24H2,1H3. The zero-order valence-electron chi connectivity index (χ0n) is 24.4. The Hall–Kier alpha value is -4.63. The lowest BCUT2D eigenvalue weighted by atomic mass is 10.1. The number of para-hydroxylation sites is 1. The van der Waals surface area contributed by atoms with Gasteiger partial charge >= 0.3 is 6.18 Å². The molecular formula is C35H34F3N3O3. The number of nitrogens with one attached hydrogen (secondary N) is 1. The van der Waals surface area contributed by atoms with Gasteiger partial charge in [0.25, 0.3) is 5.91 Å². The van der Waals surface area contributed by atoms with Gasteiger partial charge in [0.2, 0.25) is 5.91 Å². The lowest BCUT2D eigenvalue weighted by Crippen LogP contribution is -2.44. The van der Waals surface area contributed by atoms with Gasteiger partial charge in [0.1, 0.15) is 6.54 Å². The molecule has 5 rings (SSSR count). The summed E-state index contributed by atoms with van der Waals surface area (Å²) in [5.74, 6) is -0.567. The van der Waals surface area contributed by atoms with Gasteiger partial charge in [-0.25, -0.2) is 0 Å². The quantitative estimate of drug-likeness (QED) is 0.155. The molecule has 0 saturated carbocycles. The van der Waals surface area contributed by atoms with E-state index in [0.29, 0.717) is 43.7 Å². The molecule has 0 bridgehead atoms. The number of carbonyl (C=O) groups is 2. The normalized spacial score (nSPS) is 11.6. The van der Waals surface area contributed by atoms with Gasteiger partial charge in [-0.05, 0) is 65.1 Å². The van der Waals surface area contributed by atoms with Crippen LogP contribution in [0.1, 0.15) is 33.5 Å². The van der Waals surface area contributed by atoms with E-state index in [9.17, 15) is 22.8 Å². The molecule has 228 valence electrons. The molecule has 44 heavy (non-hydrogen) atoms. The van der Waals surface area contributed by atoms with Crippen LogP contribution in [0.4, 0.5) is 13.2 Å². The second kappa shape index (κ2) is 13.8. The summed E-state index contributed by atoms with van der Waals surface area (Å²) >= 11 is 0. The lowest BCUT2D eigenvalue weighted by Gasteiger charge is -2.28. The van der Waals surface area contributed by atoms with Crippen LogP contribution < -0.4 is 0 Å². The van der Waals surface area contributed by atoms with Crippen molar-refractivity contribution < 1.29 is 27.5 Å². The number of alkyl halides is 3. The third-order valence-corrected chi connectivity index (χ3v) is 7.72. The van der Waals surface area contributed by atoms with Crippen LogP contribution in [0.15, 0.2) is 97.2 Å². The number of carbonyl (C=O) groups excluding carboxylic acids is 2. The van der Waals surface area contributed by atoms with Crippen LogP contribution in [-0.2, 0) is 28.7 Å². The van der Waals surface area contributed by atoms with E-state index in [-0.39, 0.29) is 24.9 Å². The average molecular weight is 602 g/mol. The molecule has 0 aliphatic carbocycles. The zero-order valence-corrected chi connectivity index (χ0v) is 24.4. The number of benzene rings is 4. The van der Waals surface area contributed by atoms with Crippen molar-refractivity contribution in [3.05, 3.63) is 119 Å². The number of amides is 2. The van der Waals surface area contributed by atoms with Gasteiger partial charge in [0, 0.05) is 56.0 Å². The van der Waals surface area contributed by atoms with E-state index in [1.165, 1.54) is 17.0 Å². The number of rotatable bonds is 12. The fourth-order valence-electron chi connectivity index (χ4n) is 5.33. The highest BCUT2D eigenvalue weighted by Crippen LogP contribution is 2.29. The van der Waals surface area contributed by atoms with Crippen molar-refractivity contribution >= 4 is 33.5 Å². The Kier molecular flexibility index (Phi) is 9.65. The average Bonchev–Trinajstić information content (AvgIpc) is 3.44. The molecule has 1 aromatic heterocycles. The highest BCUT2D eigenvalue weighted by molar-refractivity contribution is 6.00. The zero-order chi connectivity index (χ0) is 31.1. The van der Waals surface area contributed by atoms with Crippen molar-refractivity contribution in [1.29, 1.82) is 0 Å². The van der Waals surface area contributed by atoms with Crippen molar-refractivity contribution in [2.24, 2.45) is 0 Å². The van der Waals surface area contributed by atoms with Crippen LogP contribution in [0, 0.1) is 0 Å². The number of hydrogen-bond acceptors (Lipinski definition) is 3. The molecule has 0 spiro atoms. The molecule has 4 aromatic carbocycles. The van der Waals surface area contributed by atoms with Gasteiger partial charge in [0.05, 0.1) is 5.56 Å². The Bertz CT molecular complexity index is 1730. The molecule has 0 aliphatic heterocycles. The maximum absolute atomic E-state index is 13.9. The Morgan fingerprint density at radius 1 is 0.841 bits per heavy atom. The van der Waals surface area contributed by atoms with E-state index in [1.807, 2.05) is 66.9 Å². The van der Waals surface area contributed by atoms with Crippen LogP contribution in [0.5, 0.6) is 0 Å². The Morgan fingerprint density at radius 2 is 1.57 bits per heavy atom. The molecule has 0 atom stereocenters. The van der Waals surface area contributed by atoms with Crippen LogP contribution in [0.3, 0.4) is 0 Å². The molecule has 0 unspecified atom stereocenters. The van der Waals surface area contributed by atoms with Gasteiger partial charge in [-0.1, -0.05) is 60.7 Å². The number of methoxy groups -OCH3 is 1. The maximum atomic E-state index is 13.9. The molecule has 1 N–H and O–H groups in total. The van der Waals surface area contributed by atoms with Gasteiger partial charge in [-0.2, -0.15) is 13.2 Å². The molecule has 1 heterocycles. The Labute approximate surface area is 254 Å². The first-order valence-corrected chi connectivity index (χ1v) is 14.5. The summed E-state index contributed by atoms with van der Waals surface area (Å²) in [4.78, 5) is 34.0. The molecular weight excluding hydrogens is 567 g/mol. The summed E-state index contributed by atoms with van der Waals surface area (Å²) in [6.45, 7) is 0.977. The summed E-state index contributed by atoms with van der Waals surface area (Å²) < 4.78 is 44.7. The van der Waals surface area contributed by atoms with Crippen LogP contribution >= 0.6 is 0 Å². The van der Waals surface area contributed by atoms with E-state index in [1.54, 1.807) is 18.1 Å². The van der Waals surface area contributed by atoms with E-state index in [4.69, 9.17) is 4.74 Å². The molecule has 5 aromatic rings. The molecule has 0 radical (unpaired) electrons. The van der Waals surface area contributed by atoms with Crippen molar-refractivity contribution in [2.75, 3.05) is 33.4 Å². The topological polar surface area (TPSA) is 65.6 Å². The number of aromatic amines is 1. The summed E-state index contributed by atoms with van der Waals surface area (Å²) in [6.07, 6.45) is -1.48. The smallest absolute Gasteiger partial charge is 0.385 e. The first-order chi connectivity index (χ1) is 21.2. The van der Waals surface area contributed by atoms with Gasteiger partial charge < -0.3 is 19.5 Å². The molecule has 9 heteroatoms. The minimum Gasteiger partial charge on any atom is -0.385 e. The maximum Gasteiger partial charge on any atom is 0.416 e. The first-order valence-electron chi connectivity index (χ1n) is 14.5. The van der Waals surface area contributed by atoms with Crippen molar-refractivity contribution in [2.45, 2.75) is 25.6 Å². The van der Waals surface area contributed by atoms with Crippen LogP contribution in [0.2, 0.25) is 0 Å². The van der Waals surface area contributed by atoms with E-state index >= 15 is 0 Å². The van der Waals surface area contributed by atoms with E-state index in [2.05, 4.69) is 4.98 Å². The number of halogens is 3. The molecule has 0 fully saturated rings. The summed E-state index contributed by atoms with van der Waals surface area (Å²) in [6, 6.07) is 25.9. The number of nitrogens with zero attached hydrogens (tertiary/aromatic N) is 2. The second-order valence-corrected chi connectivity index (χ2v) is 10.8. The van der Waals surface area contributed by atoms with E-state index in [0.717, 1.165) is 39.4 Å². The van der Waals surface area contributed by atoms with Crippen LogP contribution in [0.25, 0.3) is 21.7 Å². The number of ether oxygens (including phenoxy) is 1. The summed E-state index contributed by atoms with van der Waals surface area (Å²) in [5, 5.41) is 2.97. The van der Waals surface area contributed by atoms with Gasteiger partial charge in [0.15, 0.2) is 0 Å². The molecule has 0 saturated heterocycles. The fraction of sp³-hybridized carbons (Fsp3) is 0.257. The predicted octanol–water partition coefficient (Wildman–Crippen LogP) is 7.09. The van der Waals surface area contributed by atoms with Crippen LogP contribution in [-0.4, -0.2) is 59.9 Å². The van der Waals surface area contributed by atoms with Gasteiger partial charge in [-0.3, -0.25) is 9.59 Å². The minimum absolute atomic E-state index is 0.107. The Morgan fingerprint density at radius 3 is 2.32 bits per heavy atom. The molecule has 6 nitrogen and oxygen atoms in total. The van der Waals surface area contributed by atoms with Crippen molar-refractivity contribution in [3.8, 4) is 0 Å². The number of H-pyrrole nitrogens is 1. The summed E-state index contributed by atoms with van der Waals surface area (Å²) in [5.41, 5.74) is 2.30. The number of fused-ring (bicyclic) bond motifs is 2. The number of aromatic nitrogens is 1. The van der Waals surface area contributed by atoms with E-state index < -0.39 is 11.7 Å². The minimum atomic E-state index is -4.45. The first kappa shape index (κ1) is 30.8. The van der Waals surface area contributed by atoms with Gasteiger partial charge in [-0.15, -0.1) is 0 Å². The Balaban J connectivity index is 1.38. The molecule has 2 amide bonds. The third-order valence-electron chi connectivity index (χ3n) is 7.72. The third kappa shape index (κ3) is 7.47. The highest BCUT2D eigenvalue weighted by Gasteiger charge is 2.30. The fourth-order valence-corrected chi connectivity index (χ4v) is 5.33. The summed E-state index contributed by atoms with van der Waals surface area (Å²) in [7, 11) is 1.58. The SMILES string of the molecule is COCCCN(CC(=O)N(CCc1c[nH]c2ccccc12)Cc1ccc(C(F)(F)F)cc1)C(=O)c1ccc2ccccc2c1. The lowest BCUT2D eigenvalue weighted by molar-refractivity contribution is -0.137. The predicted molar refractivity (Wildman–Crippen MR) is 165 cm³/mol. The highest BCUT2D eigenvalue weighted by atomic mass is 19.4. The molecule has 0 aliphatic rings. The monoisotopic (exact) mass is 601 g/mol. The van der Waals surface area contributed by atoms with Crippen molar-refractivity contribution in [3.63, 3.8) is 0 Å².